The van der Waals surface area contributed by atoms with E-state index in [0.717, 1.165) is 24.6 Å². The van der Waals surface area contributed by atoms with Crippen LogP contribution in [0.5, 0.6) is 0 Å². The molecule has 1 aromatic rings. The number of anilines is 1. The second-order valence-corrected chi connectivity index (χ2v) is 4.72. The van der Waals surface area contributed by atoms with Gasteiger partial charge >= 0.3 is 0 Å². The lowest BCUT2D eigenvalue weighted by Gasteiger charge is -2.38. The van der Waals surface area contributed by atoms with Gasteiger partial charge in [-0.1, -0.05) is 0 Å². The van der Waals surface area contributed by atoms with E-state index in [9.17, 15) is 0 Å². The summed E-state index contributed by atoms with van der Waals surface area (Å²) in [5, 5.41) is 12.3. The molecule has 0 saturated carbocycles. The van der Waals surface area contributed by atoms with Crippen LogP contribution in [0.1, 0.15) is 25.1 Å². The van der Waals surface area contributed by atoms with Crippen LogP contribution in [0.2, 0.25) is 0 Å². The number of pyridine rings is 1. The van der Waals surface area contributed by atoms with Crippen molar-refractivity contribution >= 4 is 5.82 Å². The maximum absolute atomic E-state index is 8.90. The van der Waals surface area contributed by atoms with Gasteiger partial charge in [-0.15, -0.1) is 0 Å². The smallest absolute Gasteiger partial charge is 0.129 e. The van der Waals surface area contributed by atoms with Gasteiger partial charge in [0.2, 0.25) is 0 Å². The quantitative estimate of drug-likeness (QED) is 0.793. The molecule has 0 radical (unpaired) electrons. The minimum atomic E-state index is 0.436. The molecule has 2 heterocycles. The third-order valence-electron chi connectivity index (χ3n) is 3.25. The average molecular weight is 230 g/mol. The Morgan fingerprint density at radius 1 is 1.47 bits per heavy atom. The molecule has 17 heavy (non-hydrogen) atoms. The van der Waals surface area contributed by atoms with Crippen LogP contribution in [-0.2, 0) is 0 Å². The Kier molecular flexibility index (Phi) is 3.30. The first-order valence-corrected chi connectivity index (χ1v) is 5.99. The number of hydrogen-bond donors (Lipinski definition) is 1. The monoisotopic (exact) mass is 230 g/mol. The summed E-state index contributed by atoms with van der Waals surface area (Å²) in [7, 11) is 0. The highest BCUT2D eigenvalue weighted by Crippen LogP contribution is 2.19. The van der Waals surface area contributed by atoms with Crippen LogP contribution >= 0.6 is 0 Å². The topological polar surface area (TPSA) is 52.0 Å². The normalized spacial score (nSPS) is 24.5. The first kappa shape index (κ1) is 11.9. The summed E-state index contributed by atoms with van der Waals surface area (Å²) in [6, 6.07) is 6.87. The first-order chi connectivity index (χ1) is 8.11. The van der Waals surface area contributed by atoms with E-state index in [4.69, 9.17) is 5.26 Å². The Morgan fingerprint density at radius 2 is 2.24 bits per heavy atom. The molecule has 0 aliphatic carbocycles. The van der Waals surface area contributed by atoms with Crippen molar-refractivity contribution in [3.05, 3.63) is 23.4 Å². The zero-order valence-corrected chi connectivity index (χ0v) is 10.6. The molecule has 1 N–H and O–H groups in total. The van der Waals surface area contributed by atoms with Crippen molar-refractivity contribution in [1.82, 2.24) is 10.3 Å². The maximum atomic E-state index is 8.90. The summed E-state index contributed by atoms with van der Waals surface area (Å²) in [6.07, 6.45) is 0. The van der Waals surface area contributed by atoms with Gasteiger partial charge in [0.1, 0.15) is 11.9 Å². The summed E-state index contributed by atoms with van der Waals surface area (Å²) in [5.41, 5.74) is 1.47. The fourth-order valence-corrected chi connectivity index (χ4v) is 2.17. The number of piperazine rings is 1. The molecule has 90 valence electrons. The lowest BCUT2D eigenvalue weighted by atomic mass is 10.1. The Labute approximate surface area is 102 Å². The zero-order valence-electron chi connectivity index (χ0n) is 10.6. The molecule has 2 atom stereocenters. The van der Waals surface area contributed by atoms with E-state index < -0.39 is 0 Å². The predicted octanol–water partition coefficient (Wildman–Crippen LogP) is 1.45. The Bertz CT molecular complexity index is 449. The minimum Gasteiger partial charge on any atom is -0.351 e. The van der Waals surface area contributed by atoms with Gasteiger partial charge in [0.15, 0.2) is 0 Å². The molecule has 1 saturated heterocycles. The van der Waals surface area contributed by atoms with Gasteiger partial charge in [-0.25, -0.2) is 4.98 Å². The van der Waals surface area contributed by atoms with Crippen molar-refractivity contribution < 1.29 is 0 Å². The lowest BCUT2D eigenvalue weighted by Crippen LogP contribution is -2.54. The van der Waals surface area contributed by atoms with E-state index in [2.05, 4.69) is 35.1 Å². The lowest BCUT2D eigenvalue weighted by molar-refractivity contribution is 0.422. The average Bonchev–Trinajstić information content (AvgIpc) is 2.32. The van der Waals surface area contributed by atoms with Crippen molar-refractivity contribution in [3.63, 3.8) is 0 Å². The highest BCUT2D eigenvalue weighted by Gasteiger charge is 2.23. The van der Waals surface area contributed by atoms with E-state index in [1.165, 1.54) is 0 Å². The zero-order chi connectivity index (χ0) is 12.4. The van der Waals surface area contributed by atoms with E-state index in [-0.39, 0.29) is 0 Å². The Morgan fingerprint density at radius 3 is 2.88 bits per heavy atom. The molecular formula is C13H18N4. The summed E-state index contributed by atoms with van der Waals surface area (Å²) >= 11 is 0. The van der Waals surface area contributed by atoms with Crippen LogP contribution in [-0.4, -0.2) is 30.2 Å². The molecular weight excluding hydrogens is 212 g/mol. The maximum Gasteiger partial charge on any atom is 0.129 e. The molecule has 2 rings (SSSR count). The number of nitrogens with zero attached hydrogens (tertiary/aromatic N) is 3. The number of nitriles is 1. The minimum absolute atomic E-state index is 0.436. The number of rotatable bonds is 1. The number of aromatic nitrogens is 1. The second-order valence-electron chi connectivity index (χ2n) is 4.72. The highest BCUT2D eigenvalue weighted by molar-refractivity contribution is 5.46. The predicted molar refractivity (Wildman–Crippen MR) is 68.0 cm³/mol. The molecule has 1 aliphatic rings. The van der Waals surface area contributed by atoms with Crippen LogP contribution in [0.3, 0.4) is 0 Å². The fourth-order valence-electron chi connectivity index (χ4n) is 2.17. The highest BCUT2D eigenvalue weighted by atomic mass is 15.3. The van der Waals surface area contributed by atoms with Crippen molar-refractivity contribution in [1.29, 1.82) is 5.26 Å². The number of nitrogens with one attached hydrogen (secondary N) is 1. The Balaban J connectivity index is 2.27. The van der Waals surface area contributed by atoms with Crippen LogP contribution in [0.25, 0.3) is 0 Å². The molecule has 0 spiro atoms. The van der Waals surface area contributed by atoms with Crippen LogP contribution in [0, 0.1) is 18.3 Å². The molecule has 0 aromatic carbocycles. The summed E-state index contributed by atoms with van der Waals surface area (Å²) in [4.78, 5) is 6.83. The number of hydrogen-bond acceptors (Lipinski definition) is 4. The van der Waals surface area contributed by atoms with Crippen molar-refractivity contribution in [2.24, 2.45) is 0 Å². The van der Waals surface area contributed by atoms with Crippen molar-refractivity contribution in [2.45, 2.75) is 32.9 Å². The van der Waals surface area contributed by atoms with Gasteiger partial charge in [0.25, 0.3) is 0 Å². The molecule has 1 aliphatic heterocycles. The van der Waals surface area contributed by atoms with E-state index in [0.29, 0.717) is 17.6 Å². The van der Waals surface area contributed by atoms with Gasteiger partial charge in [0, 0.05) is 25.2 Å². The van der Waals surface area contributed by atoms with Crippen LogP contribution in [0.4, 0.5) is 5.82 Å². The SMILES string of the molecule is Cc1nc(N2CC(C)NCC2C)ccc1C#N. The number of aryl methyl sites for hydroxylation is 1. The van der Waals surface area contributed by atoms with Crippen molar-refractivity contribution in [2.75, 3.05) is 18.0 Å². The van der Waals surface area contributed by atoms with Crippen LogP contribution in [0.15, 0.2) is 12.1 Å². The molecule has 4 heteroatoms. The van der Waals surface area contributed by atoms with E-state index in [1.54, 1.807) is 0 Å². The third-order valence-corrected chi connectivity index (χ3v) is 3.25. The Hall–Kier alpha value is -1.60. The molecule has 0 amide bonds. The van der Waals surface area contributed by atoms with Crippen molar-refractivity contribution in [3.8, 4) is 6.07 Å². The molecule has 0 bridgehead atoms. The van der Waals surface area contributed by atoms with Gasteiger partial charge in [0.05, 0.1) is 11.3 Å². The standard InChI is InChI=1S/C13H18N4/c1-9-8-17(10(2)7-15-9)13-5-4-12(6-14)11(3)16-13/h4-5,9-10,15H,7-8H2,1-3H3. The summed E-state index contributed by atoms with van der Waals surface area (Å²) < 4.78 is 0. The van der Waals surface area contributed by atoms with Gasteiger partial charge in [-0.05, 0) is 32.9 Å². The summed E-state index contributed by atoms with van der Waals surface area (Å²) in [5.74, 6) is 0.974. The van der Waals surface area contributed by atoms with Crippen LogP contribution < -0.4 is 10.2 Å². The van der Waals surface area contributed by atoms with E-state index >= 15 is 0 Å². The van der Waals surface area contributed by atoms with Gasteiger partial charge in [-0.2, -0.15) is 5.26 Å². The molecule has 1 fully saturated rings. The van der Waals surface area contributed by atoms with E-state index in [1.807, 2.05) is 19.1 Å². The van der Waals surface area contributed by atoms with Gasteiger partial charge in [-0.3, -0.25) is 0 Å². The molecule has 2 unspecified atom stereocenters. The largest absolute Gasteiger partial charge is 0.351 e. The third kappa shape index (κ3) is 2.40. The summed E-state index contributed by atoms with van der Waals surface area (Å²) in [6.45, 7) is 8.18. The molecule has 4 nitrogen and oxygen atoms in total. The van der Waals surface area contributed by atoms with Gasteiger partial charge < -0.3 is 10.2 Å². The first-order valence-electron chi connectivity index (χ1n) is 5.99. The second kappa shape index (κ2) is 4.72. The molecule has 1 aromatic heterocycles. The fraction of sp³-hybridized carbons (Fsp3) is 0.538.